The number of aromatic carboxylic acids is 1. The Bertz CT molecular complexity index is 933. The number of nitrogens with one attached hydrogen (secondary N) is 2. The molecule has 0 bridgehead atoms. The number of anilines is 1. The largest absolute Gasteiger partial charge is 0.495 e. The van der Waals surface area contributed by atoms with Crippen molar-refractivity contribution >= 4 is 21.7 Å². The minimum Gasteiger partial charge on any atom is -0.495 e. The van der Waals surface area contributed by atoms with Crippen LogP contribution in [0.4, 0.5) is 5.69 Å². The van der Waals surface area contributed by atoms with Gasteiger partial charge in [-0.2, -0.15) is 0 Å². The van der Waals surface area contributed by atoms with Crippen LogP contribution in [-0.2, 0) is 16.6 Å². The average Bonchev–Trinajstić information content (AvgIpc) is 2.57. The van der Waals surface area contributed by atoms with Crippen molar-refractivity contribution in [2.24, 2.45) is 0 Å². The fraction of sp³-hybridized carbons (Fsp3) is 0.316. The molecule has 0 amide bonds. The first-order chi connectivity index (χ1) is 12.5. The number of carboxylic acid groups (broad SMARTS) is 1. The molecule has 7 nitrogen and oxygen atoms in total. The van der Waals surface area contributed by atoms with Gasteiger partial charge in [-0.05, 0) is 56.7 Å². The average molecular weight is 392 g/mol. The monoisotopic (exact) mass is 392 g/mol. The Balaban J connectivity index is 2.28. The lowest BCUT2D eigenvalue weighted by molar-refractivity contribution is 0.0696. The van der Waals surface area contributed by atoms with E-state index >= 15 is 0 Å². The van der Waals surface area contributed by atoms with Gasteiger partial charge in [0.05, 0.1) is 23.3 Å². The fourth-order valence-corrected chi connectivity index (χ4v) is 3.91. The number of ether oxygens (including phenoxy) is 1. The first-order valence-corrected chi connectivity index (χ1v) is 9.78. The molecule has 0 aliphatic carbocycles. The summed E-state index contributed by atoms with van der Waals surface area (Å²) < 4.78 is 33.0. The summed E-state index contributed by atoms with van der Waals surface area (Å²) in [4.78, 5) is 11.2. The van der Waals surface area contributed by atoms with E-state index in [1.54, 1.807) is 45.0 Å². The Morgan fingerprint density at radius 2 is 1.85 bits per heavy atom. The van der Waals surface area contributed by atoms with Gasteiger partial charge in [-0.1, -0.05) is 12.1 Å². The number of methoxy groups -OCH3 is 1. The molecule has 0 fully saturated rings. The summed E-state index contributed by atoms with van der Waals surface area (Å²) in [6, 6.07) is 11.1. The molecule has 27 heavy (non-hydrogen) atoms. The first kappa shape index (κ1) is 20.7. The highest BCUT2D eigenvalue weighted by atomic mass is 32.2. The van der Waals surface area contributed by atoms with Crippen LogP contribution in [0.5, 0.6) is 5.75 Å². The molecule has 3 N–H and O–H groups in total. The summed E-state index contributed by atoms with van der Waals surface area (Å²) in [5.41, 5.74) is 0.823. The maximum atomic E-state index is 12.5. The SMILES string of the molecule is COc1ccc(S(=O)(=O)NC(C)(C)C)cc1NCc1cccc(C(=O)O)c1. The number of hydrogen-bond donors (Lipinski definition) is 3. The zero-order valence-corrected chi connectivity index (χ0v) is 16.6. The van der Waals surface area contributed by atoms with E-state index in [1.807, 2.05) is 0 Å². The maximum Gasteiger partial charge on any atom is 0.335 e. The van der Waals surface area contributed by atoms with Gasteiger partial charge in [-0.3, -0.25) is 0 Å². The Morgan fingerprint density at radius 3 is 2.44 bits per heavy atom. The predicted octanol–water partition coefficient (Wildman–Crippen LogP) is 3.08. The van der Waals surface area contributed by atoms with Crippen LogP contribution in [0.15, 0.2) is 47.4 Å². The van der Waals surface area contributed by atoms with Crippen LogP contribution in [0, 0.1) is 0 Å². The standard InChI is InChI=1S/C19H24N2O5S/c1-19(2,3)21-27(24,25)15-8-9-17(26-4)16(11-15)20-12-13-6-5-7-14(10-13)18(22)23/h5-11,20-21H,12H2,1-4H3,(H,22,23). The molecular formula is C19H24N2O5S. The summed E-state index contributed by atoms with van der Waals surface area (Å²) in [6.45, 7) is 5.61. The van der Waals surface area contributed by atoms with E-state index in [4.69, 9.17) is 9.84 Å². The second-order valence-corrected chi connectivity index (χ2v) is 8.76. The lowest BCUT2D eigenvalue weighted by atomic mass is 10.1. The highest BCUT2D eigenvalue weighted by Gasteiger charge is 2.23. The van der Waals surface area contributed by atoms with Crippen molar-refractivity contribution in [2.45, 2.75) is 37.8 Å². The van der Waals surface area contributed by atoms with Crippen molar-refractivity contribution in [1.82, 2.24) is 4.72 Å². The molecule has 0 aliphatic rings. The highest BCUT2D eigenvalue weighted by molar-refractivity contribution is 7.89. The first-order valence-electron chi connectivity index (χ1n) is 8.30. The molecule has 0 heterocycles. The number of carboxylic acids is 1. The molecule has 0 aromatic heterocycles. The number of benzene rings is 2. The van der Waals surface area contributed by atoms with Gasteiger partial charge in [0, 0.05) is 12.1 Å². The van der Waals surface area contributed by atoms with Crippen LogP contribution < -0.4 is 14.8 Å². The van der Waals surface area contributed by atoms with E-state index in [0.717, 1.165) is 5.56 Å². The smallest absolute Gasteiger partial charge is 0.335 e. The Morgan fingerprint density at radius 1 is 1.15 bits per heavy atom. The van der Waals surface area contributed by atoms with Gasteiger partial charge in [0.25, 0.3) is 0 Å². The van der Waals surface area contributed by atoms with Gasteiger partial charge in [0.1, 0.15) is 5.75 Å². The molecule has 0 unspecified atom stereocenters. The van der Waals surface area contributed by atoms with E-state index in [9.17, 15) is 13.2 Å². The van der Waals surface area contributed by atoms with Crippen LogP contribution in [0.2, 0.25) is 0 Å². The second kappa shape index (κ2) is 7.98. The van der Waals surface area contributed by atoms with Gasteiger partial charge >= 0.3 is 5.97 Å². The fourth-order valence-electron chi connectivity index (χ4n) is 2.47. The molecule has 0 radical (unpaired) electrons. The second-order valence-electron chi connectivity index (χ2n) is 7.08. The van der Waals surface area contributed by atoms with E-state index in [-0.39, 0.29) is 10.5 Å². The van der Waals surface area contributed by atoms with Gasteiger partial charge in [0.2, 0.25) is 10.0 Å². The molecule has 8 heteroatoms. The summed E-state index contributed by atoms with van der Waals surface area (Å²) in [5, 5.41) is 12.2. The maximum absolute atomic E-state index is 12.5. The quantitative estimate of drug-likeness (QED) is 0.669. The van der Waals surface area contributed by atoms with Crippen molar-refractivity contribution in [2.75, 3.05) is 12.4 Å². The number of carbonyl (C=O) groups is 1. The molecule has 2 aromatic rings. The molecular weight excluding hydrogens is 368 g/mol. The molecule has 0 saturated carbocycles. The van der Waals surface area contributed by atoms with Crippen LogP contribution >= 0.6 is 0 Å². The van der Waals surface area contributed by atoms with E-state index in [0.29, 0.717) is 18.0 Å². The van der Waals surface area contributed by atoms with Gasteiger partial charge in [-0.15, -0.1) is 0 Å². The third-order valence-electron chi connectivity index (χ3n) is 3.58. The highest BCUT2D eigenvalue weighted by Crippen LogP contribution is 2.28. The van der Waals surface area contributed by atoms with Crippen LogP contribution in [0.1, 0.15) is 36.7 Å². The van der Waals surface area contributed by atoms with Crippen LogP contribution in [0.3, 0.4) is 0 Å². The number of rotatable bonds is 7. The Labute approximate surface area is 159 Å². The Hall–Kier alpha value is -2.58. The molecule has 0 atom stereocenters. The van der Waals surface area contributed by atoms with Gasteiger partial charge in [-0.25, -0.2) is 17.9 Å². The lowest BCUT2D eigenvalue weighted by Crippen LogP contribution is -2.40. The zero-order chi connectivity index (χ0) is 20.2. The molecule has 2 aromatic carbocycles. The van der Waals surface area contributed by atoms with E-state index < -0.39 is 21.5 Å². The molecule has 0 saturated heterocycles. The number of sulfonamides is 1. The van der Waals surface area contributed by atoms with Crippen molar-refractivity contribution in [3.63, 3.8) is 0 Å². The summed E-state index contributed by atoms with van der Waals surface area (Å²) in [6.07, 6.45) is 0. The van der Waals surface area contributed by atoms with Crippen molar-refractivity contribution in [3.8, 4) is 5.75 Å². The summed E-state index contributed by atoms with van der Waals surface area (Å²) in [5.74, 6) is -0.519. The molecule has 0 spiro atoms. The molecule has 146 valence electrons. The molecule has 0 aliphatic heterocycles. The van der Waals surface area contributed by atoms with Crippen LogP contribution in [0.25, 0.3) is 0 Å². The topological polar surface area (TPSA) is 105 Å². The van der Waals surface area contributed by atoms with Crippen molar-refractivity contribution < 1.29 is 23.1 Å². The minimum absolute atomic E-state index is 0.111. The normalized spacial score (nSPS) is 11.9. The lowest BCUT2D eigenvalue weighted by Gasteiger charge is -2.21. The van der Waals surface area contributed by atoms with Crippen molar-refractivity contribution in [3.05, 3.63) is 53.6 Å². The molecule has 2 rings (SSSR count). The van der Waals surface area contributed by atoms with E-state index in [1.165, 1.54) is 25.3 Å². The van der Waals surface area contributed by atoms with Gasteiger partial charge in [0.15, 0.2) is 0 Å². The van der Waals surface area contributed by atoms with Crippen molar-refractivity contribution in [1.29, 1.82) is 0 Å². The van der Waals surface area contributed by atoms with Gasteiger partial charge < -0.3 is 15.2 Å². The van der Waals surface area contributed by atoms with E-state index in [2.05, 4.69) is 10.0 Å². The summed E-state index contributed by atoms with van der Waals surface area (Å²) in [7, 11) is -2.20. The summed E-state index contributed by atoms with van der Waals surface area (Å²) >= 11 is 0. The number of hydrogen-bond acceptors (Lipinski definition) is 5. The third kappa shape index (κ3) is 5.70. The minimum atomic E-state index is -3.69. The zero-order valence-electron chi connectivity index (χ0n) is 15.7. The third-order valence-corrected chi connectivity index (χ3v) is 5.33. The Kier molecular flexibility index (Phi) is 6.12. The van der Waals surface area contributed by atoms with Crippen LogP contribution in [-0.4, -0.2) is 32.1 Å². The predicted molar refractivity (Wildman–Crippen MR) is 104 cm³/mol.